The zero-order chi connectivity index (χ0) is 24.6. The van der Waals surface area contributed by atoms with Crippen molar-refractivity contribution in [2.75, 3.05) is 0 Å². The first-order valence-electron chi connectivity index (χ1n) is 12.5. The number of fused-ring (bicyclic) bond motifs is 3. The Hall–Kier alpha value is -4.53. The Morgan fingerprint density at radius 1 is 0.351 bits per heavy atom. The summed E-state index contributed by atoms with van der Waals surface area (Å²) < 4.78 is 2.62. The van der Waals surface area contributed by atoms with Gasteiger partial charge in [-0.3, -0.25) is 0 Å². The Morgan fingerprint density at radius 2 is 0.892 bits per heavy atom. The third-order valence-corrected chi connectivity index (χ3v) is 8.04. The van der Waals surface area contributed by atoms with E-state index in [0.29, 0.717) is 0 Å². The lowest BCUT2D eigenvalue weighted by molar-refractivity contribution is 1.33. The van der Waals surface area contributed by atoms with E-state index in [9.17, 15) is 0 Å². The maximum absolute atomic E-state index is 5.07. The van der Waals surface area contributed by atoms with E-state index in [1.807, 2.05) is 11.3 Å². The molecular formula is C35H23NS. The lowest BCUT2D eigenvalue weighted by Gasteiger charge is -2.09. The number of rotatable bonds is 4. The minimum absolute atomic E-state index is 0.983. The largest absolute Gasteiger partial charge is 0.248 e. The average Bonchev–Trinajstić information content (AvgIpc) is 3.36. The van der Waals surface area contributed by atoms with E-state index in [0.717, 1.165) is 22.5 Å². The summed E-state index contributed by atoms with van der Waals surface area (Å²) in [5.74, 6) is 0. The molecule has 0 radical (unpaired) electrons. The Bertz CT molecular complexity index is 1860. The van der Waals surface area contributed by atoms with Gasteiger partial charge in [0.25, 0.3) is 0 Å². The van der Waals surface area contributed by atoms with Crippen molar-refractivity contribution in [3.63, 3.8) is 0 Å². The molecule has 0 aliphatic carbocycles. The lowest BCUT2D eigenvalue weighted by Crippen LogP contribution is -1.88. The number of thiophene rings is 1. The van der Waals surface area contributed by atoms with E-state index < -0.39 is 0 Å². The van der Waals surface area contributed by atoms with Crippen LogP contribution in [-0.4, -0.2) is 4.98 Å². The monoisotopic (exact) mass is 489 g/mol. The van der Waals surface area contributed by atoms with Gasteiger partial charge in [0.2, 0.25) is 0 Å². The molecule has 0 fully saturated rings. The first kappa shape index (κ1) is 21.7. The van der Waals surface area contributed by atoms with Gasteiger partial charge < -0.3 is 0 Å². The molecule has 0 N–H and O–H groups in total. The molecule has 0 atom stereocenters. The Kier molecular flexibility index (Phi) is 5.38. The van der Waals surface area contributed by atoms with Gasteiger partial charge in [0.1, 0.15) is 0 Å². The molecule has 2 heterocycles. The third-order valence-electron chi connectivity index (χ3n) is 6.91. The summed E-state index contributed by atoms with van der Waals surface area (Å²) >= 11 is 1.84. The van der Waals surface area contributed by atoms with E-state index in [2.05, 4.69) is 140 Å². The highest BCUT2D eigenvalue weighted by molar-refractivity contribution is 7.25. The molecule has 0 amide bonds. The zero-order valence-corrected chi connectivity index (χ0v) is 21.0. The van der Waals surface area contributed by atoms with Crippen LogP contribution in [0.2, 0.25) is 0 Å². The number of pyridine rings is 1. The number of hydrogen-bond donors (Lipinski definition) is 0. The number of aromatic nitrogens is 1. The zero-order valence-electron chi connectivity index (χ0n) is 20.1. The molecule has 2 aromatic heterocycles. The molecule has 0 saturated carbocycles. The van der Waals surface area contributed by atoms with Crippen molar-refractivity contribution in [3.8, 4) is 44.8 Å². The average molecular weight is 490 g/mol. The molecule has 0 aliphatic rings. The molecule has 0 bridgehead atoms. The maximum Gasteiger partial charge on any atom is 0.0710 e. The molecule has 7 rings (SSSR count). The highest BCUT2D eigenvalue weighted by Gasteiger charge is 2.09. The summed E-state index contributed by atoms with van der Waals surface area (Å²) in [5.41, 5.74) is 9.10. The maximum atomic E-state index is 5.07. The van der Waals surface area contributed by atoms with E-state index in [-0.39, 0.29) is 0 Å². The molecule has 37 heavy (non-hydrogen) atoms. The van der Waals surface area contributed by atoms with Crippen molar-refractivity contribution in [1.29, 1.82) is 0 Å². The second-order valence-corrected chi connectivity index (χ2v) is 10.3. The van der Waals surface area contributed by atoms with Crippen LogP contribution in [-0.2, 0) is 0 Å². The van der Waals surface area contributed by atoms with E-state index in [1.54, 1.807) is 0 Å². The van der Waals surface area contributed by atoms with Crippen molar-refractivity contribution < 1.29 is 0 Å². The van der Waals surface area contributed by atoms with E-state index in [4.69, 9.17) is 4.98 Å². The minimum Gasteiger partial charge on any atom is -0.248 e. The highest BCUT2D eigenvalue weighted by Crippen LogP contribution is 2.36. The van der Waals surface area contributed by atoms with Crippen LogP contribution in [0.3, 0.4) is 0 Å². The molecule has 0 saturated heterocycles. The number of nitrogens with zero attached hydrogens (tertiary/aromatic N) is 1. The standard InChI is InChI=1S/C35H23NS/c1-2-8-24(9-3-1)25-16-18-26(19-17-25)27-10-6-11-28(22-27)32-13-7-14-33(36-32)29-20-21-31-30-12-4-5-15-34(30)37-35(31)23-29/h1-23H. The molecule has 0 unspecified atom stereocenters. The first-order chi connectivity index (χ1) is 18.3. The van der Waals surface area contributed by atoms with Crippen LogP contribution in [0, 0.1) is 0 Å². The van der Waals surface area contributed by atoms with Gasteiger partial charge in [0, 0.05) is 31.3 Å². The predicted molar refractivity (Wildman–Crippen MR) is 159 cm³/mol. The molecule has 7 aromatic rings. The molecule has 2 heteroatoms. The fraction of sp³-hybridized carbons (Fsp3) is 0. The van der Waals surface area contributed by atoms with Crippen LogP contribution in [0.4, 0.5) is 0 Å². The quantitative estimate of drug-likeness (QED) is 0.240. The van der Waals surface area contributed by atoms with Gasteiger partial charge in [0.15, 0.2) is 0 Å². The molecule has 1 nitrogen and oxygen atoms in total. The highest BCUT2D eigenvalue weighted by atomic mass is 32.1. The SMILES string of the molecule is c1ccc(-c2ccc(-c3cccc(-c4cccc(-c5ccc6c(c5)sc5ccccc56)n4)c3)cc2)cc1. The summed E-state index contributed by atoms with van der Waals surface area (Å²) in [7, 11) is 0. The summed E-state index contributed by atoms with van der Waals surface area (Å²) in [4.78, 5) is 5.07. The Labute approximate surface area is 220 Å². The summed E-state index contributed by atoms with van der Waals surface area (Å²) in [6, 6.07) is 49.6. The first-order valence-corrected chi connectivity index (χ1v) is 13.3. The number of hydrogen-bond acceptors (Lipinski definition) is 2. The van der Waals surface area contributed by atoms with Crippen LogP contribution in [0.25, 0.3) is 64.9 Å². The van der Waals surface area contributed by atoms with Gasteiger partial charge in [-0.25, -0.2) is 4.98 Å². The lowest BCUT2D eigenvalue weighted by atomic mass is 9.98. The van der Waals surface area contributed by atoms with E-state index in [1.165, 1.54) is 42.4 Å². The van der Waals surface area contributed by atoms with Crippen molar-refractivity contribution in [2.24, 2.45) is 0 Å². The topological polar surface area (TPSA) is 12.9 Å². The van der Waals surface area contributed by atoms with Crippen molar-refractivity contribution >= 4 is 31.5 Å². The van der Waals surface area contributed by atoms with Crippen LogP contribution >= 0.6 is 11.3 Å². The van der Waals surface area contributed by atoms with Crippen LogP contribution in [0.15, 0.2) is 140 Å². The number of benzene rings is 5. The van der Waals surface area contributed by atoms with Gasteiger partial charge in [-0.2, -0.15) is 0 Å². The summed E-state index contributed by atoms with van der Waals surface area (Å²) in [6.45, 7) is 0. The molecule has 174 valence electrons. The van der Waals surface area contributed by atoms with Crippen LogP contribution in [0.1, 0.15) is 0 Å². The van der Waals surface area contributed by atoms with Crippen molar-refractivity contribution in [1.82, 2.24) is 4.98 Å². The van der Waals surface area contributed by atoms with Gasteiger partial charge >= 0.3 is 0 Å². The molecule has 0 aliphatic heterocycles. The third kappa shape index (κ3) is 4.12. The summed E-state index contributed by atoms with van der Waals surface area (Å²) in [5, 5.41) is 2.64. The molecule has 0 spiro atoms. The fourth-order valence-electron chi connectivity index (χ4n) is 4.99. The van der Waals surface area contributed by atoms with Gasteiger partial charge in [-0.15, -0.1) is 11.3 Å². The second-order valence-electron chi connectivity index (χ2n) is 9.24. The van der Waals surface area contributed by atoms with Gasteiger partial charge in [-0.05, 0) is 52.6 Å². The van der Waals surface area contributed by atoms with Crippen LogP contribution in [0.5, 0.6) is 0 Å². The minimum atomic E-state index is 0.983. The van der Waals surface area contributed by atoms with E-state index >= 15 is 0 Å². The Morgan fingerprint density at radius 3 is 1.70 bits per heavy atom. The normalized spacial score (nSPS) is 11.2. The van der Waals surface area contributed by atoms with Crippen LogP contribution < -0.4 is 0 Å². The molecule has 5 aromatic carbocycles. The van der Waals surface area contributed by atoms with Crippen molar-refractivity contribution in [2.45, 2.75) is 0 Å². The summed E-state index contributed by atoms with van der Waals surface area (Å²) in [6.07, 6.45) is 0. The smallest absolute Gasteiger partial charge is 0.0710 e. The predicted octanol–water partition coefficient (Wildman–Crippen LogP) is 10.1. The second kappa shape index (κ2) is 9.16. The van der Waals surface area contributed by atoms with Gasteiger partial charge in [-0.1, -0.05) is 109 Å². The molecular weight excluding hydrogens is 466 g/mol. The van der Waals surface area contributed by atoms with Crippen molar-refractivity contribution in [3.05, 3.63) is 140 Å². The fourth-order valence-corrected chi connectivity index (χ4v) is 6.13. The van der Waals surface area contributed by atoms with Gasteiger partial charge in [0.05, 0.1) is 11.4 Å². The Balaban J connectivity index is 1.22.